The summed E-state index contributed by atoms with van der Waals surface area (Å²) in [4.78, 5) is 0. The molecule has 3 rings (SSSR count). The summed E-state index contributed by atoms with van der Waals surface area (Å²) in [6.07, 6.45) is 3.62. The number of rotatable bonds is 5. The maximum absolute atomic E-state index is 14.2. The van der Waals surface area contributed by atoms with Crippen LogP contribution in [-0.2, 0) is 10.2 Å². The van der Waals surface area contributed by atoms with Crippen molar-refractivity contribution in [2.24, 2.45) is 0 Å². The summed E-state index contributed by atoms with van der Waals surface area (Å²) in [6.45, 7) is 0.832. The zero-order valence-corrected chi connectivity index (χ0v) is 14.0. The third-order valence-corrected chi connectivity index (χ3v) is 5.47. The SMILES string of the molecule is CNCC=CCN1c2ccccc2N(c2ccccc2F)S1(=O)=O. The van der Waals surface area contributed by atoms with Gasteiger partial charge in [0.1, 0.15) is 5.82 Å². The van der Waals surface area contributed by atoms with Gasteiger partial charge in [-0.25, -0.2) is 13.0 Å². The van der Waals surface area contributed by atoms with Crippen molar-refractivity contribution in [3.05, 3.63) is 66.5 Å². The monoisotopic (exact) mass is 347 g/mol. The highest BCUT2D eigenvalue weighted by molar-refractivity contribution is 7.95. The molecule has 1 aliphatic rings. The largest absolute Gasteiger partial charge is 0.331 e. The van der Waals surface area contributed by atoms with Crippen molar-refractivity contribution in [3.8, 4) is 0 Å². The fourth-order valence-electron chi connectivity index (χ4n) is 2.63. The molecular weight excluding hydrogens is 329 g/mol. The first-order valence-corrected chi connectivity index (χ1v) is 8.93. The van der Waals surface area contributed by atoms with Gasteiger partial charge in [0.25, 0.3) is 0 Å². The Morgan fingerprint density at radius 3 is 2.29 bits per heavy atom. The molecular formula is C17H18FN3O2S. The minimum absolute atomic E-state index is 0.0201. The number of benzene rings is 2. The summed E-state index contributed by atoms with van der Waals surface area (Å²) >= 11 is 0. The van der Waals surface area contributed by atoms with E-state index in [1.54, 1.807) is 36.4 Å². The van der Waals surface area contributed by atoms with Crippen LogP contribution in [0.1, 0.15) is 0 Å². The van der Waals surface area contributed by atoms with E-state index >= 15 is 0 Å². The normalized spacial score (nSPS) is 15.9. The molecule has 0 unspecified atom stereocenters. The number of para-hydroxylation sites is 3. The highest BCUT2D eigenvalue weighted by Crippen LogP contribution is 2.45. The van der Waals surface area contributed by atoms with Crippen LogP contribution in [0.4, 0.5) is 21.5 Å². The number of hydrogen-bond acceptors (Lipinski definition) is 3. The zero-order chi connectivity index (χ0) is 17.2. The van der Waals surface area contributed by atoms with Crippen molar-refractivity contribution in [2.45, 2.75) is 0 Å². The molecule has 0 aromatic heterocycles. The molecule has 1 aliphatic heterocycles. The van der Waals surface area contributed by atoms with Gasteiger partial charge >= 0.3 is 10.2 Å². The summed E-state index contributed by atoms with van der Waals surface area (Å²) in [6, 6.07) is 12.8. The van der Waals surface area contributed by atoms with Gasteiger partial charge < -0.3 is 5.32 Å². The van der Waals surface area contributed by atoms with E-state index in [0.717, 1.165) is 4.31 Å². The van der Waals surface area contributed by atoms with E-state index in [2.05, 4.69) is 5.32 Å². The highest BCUT2D eigenvalue weighted by atomic mass is 32.2. The van der Waals surface area contributed by atoms with Gasteiger partial charge in [-0.3, -0.25) is 0 Å². The molecule has 0 fully saturated rings. The summed E-state index contributed by atoms with van der Waals surface area (Å²) in [7, 11) is -2.08. The Hall–Kier alpha value is -2.38. The van der Waals surface area contributed by atoms with E-state index < -0.39 is 16.0 Å². The highest BCUT2D eigenvalue weighted by Gasteiger charge is 2.41. The Balaban J connectivity index is 2.07. The Labute approximate surface area is 141 Å². The lowest BCUT2D eigenvalue weighted by molar-refractivity contribution is 0.592. The van der Waals surface area contributed by atoms with Crippen molar-refractivity contribution in [1.82, 2.24) is 5.32 Å². The predicted octanol–water partition coefficient (Wildman–Crippen LogP) is 2.80. The van der Waals surface area contributed by atoms with Gasteiger partial charge in [0.05, 0.1) is 23.6 Å². The van der Waals surface area contributed by atoms with Gasteiger partial charge in [-0.05, 0) is 31.3 Å². The number of nitrogens with zero attached hydrogens (tertiary/aromatic N) is 2. The van der Waals surface area contributed by atoms with E-state index in [9.17, 15) is 12.8 Å². The van der Waals surface area contributed by atoms with Crippen molar-refractivity contribution >= 4 is 27.3 Å². The zero-order valence-electron chi connectivity index (χ0n) is 13.2. The molecule has 0 spiro atoms. The van der Waals surface area contributed by atoms with Crippen LogP contribution in [0.3, 0.4) is 0 Å². The quantitative estimate of drug-likeness (QED) is 0.846. The molecule has 0 saturated carbocycles. The fraction of sp³-hybridized carbons (Fsp3) is 0.176. The fourth-order valence-corrected chi connectivity index (χ4v) is 4.30. The van der Waals surface area contributed by atoms with E-state index in [1.807, 2.05) is 13.1 Å². The maximum atomic E-state index is 14.2. The molecule has 1 heterocycles. The molecule has 0 bridgehead atoms. The second-order valence-corrected chi connectivity index (χ2v) is 6.97. The Morgan fingerprint density at radius 1 is 1.00 bits per heavy atom. The number of nitrogens with one attached hydrogen (secondary N) is 1. The van der Waals surface area contributed by atoms with E-state index in [1.165, 1.54) is 22.5 Å². The van der Waals surface area contributed by atoms with Crippen LogP contribution in [-0.4, -0.2) is 28.6 Å². The average Bonchev–Trinajstić information content (AvgIpc) is 2.79. The van der Waals surface area contributed by atoms with Crippen LogP contribution in [0.2, 0.25) is 0 Å². The number of hydrogen-bond donors (Lipinski definition) is 1. The first-order chi connectivity index (χ1) is 11.6. The van der Waals surface area contributed by atoms with Crippen LogP contribution in [0.5, 0.6) is 0 Å². The van der Waals surface area contributed by atoms with Crippen molar-refractivity contribution < 1.29 is 12.8 Å². The Morgan fingerprint density at radius 2 is 1.62 bits per heavy atom. The topological polar surface area (TPSA) is 52.6 Å². The lowest BCUT2D eigenvalue weighted by atomic mass is 10.2. The predicted molar refractivity (Wildman–Crippen MR) is 94.3 cm³/mol. The molecule has 0 saturated heterocycles. The minimum Gasteiger partial charge on any atom is -0.316 e. The third kappa shape index (κ3) is 2.76. The summed E-state index contributed by atoms with van der Waals surface area (Å²) in [5, 5.41) is 2.96. The molecule has 1 N–H and O–H groups in total. The molecule has 7 heteroatoms. The number of anilines is 3. The van der Waals surface area contributed by atoms with Crippen LogP contribution in [0.25, 0.3) is 0 Å². The number of halogens is 1. The summed E-state index contributed by atoms with van der Waals surface area (Å²) in [5.41, 5.74) is 1.01. The molecule has 126 valence electrons. The molecule has 24 heavy (non-hydrogen) atoms. The van der Waals surface area contributed by atoms with Gasteiger partial charge in [0, 0.05) is 6.54 Å². The lowest BCUT2D eigenvalue weighted by Gasteiger charge is -2.21. The van der Waals surface area contributed by atoms with Crippen molar-refractivity contribution in [3.63, 3.8) is 0 Å². The van der Waals surface area contributed by atoms with Crippen molar-refractivity contribution in [1.29, 1.82) is 0 Å². The van der Waals surface area contributed by atoms with Crippen LogP contribution in [0.15, 0.2) is 60.7 Å². The maximum Gasteiger partial charge on any atom is 0.331 e. The molecule has 5 nitrogen and oxygen atoms in total. The Kier molecular flexibility index (Phi) is 4.55. The number of likely N-dealkylation sites (N-methyl/N-ethyl adjacent to an activating group) is 1. The van der Waals surface area contributed by atoms with Gasteiger partial charge in [0.2, 0.25) is 0 Å². The molecule has 0 amide bonds. The Bertz CT molecular complexity index is 868. The molecule has 0 aliphatic carbocycles. The van der Waals surface area contributed by atoms with Crippen LogP contribution >= 0.6 is 0 Å². The van der Waals surface area contributed by atoms with Crippen molar-refractivity contribution in [2.75, 3.05) is 28.7 Å². The molecule has 0 atom stereocenters. The summed E-state index contributed by atoms with van der Waals surface area (Å²) in [5.74, 6) is -0.580. The molecule has 2 aromatic rings. The standard InChI is InChI=1S/C17H18FN3O2S/c1-19-12-6-7-13-20-16-10-4-5-11-17(16)21(24(20,22)23)15-9-3-2-8-14(15)18/h2-11,19H,12-13H2,1H3. The van der Waals surface area contributed by atoms with Gasteiger partial charge in [-0.1, -0.05) is 36.4 Å². The van der Waals surface area contributed by atoms with E-state index in [0.29, 0.717) is 17.9 Å². The third-order valence-electron chi connectivity index (χ3n) is 3.71. The van der Waals surface area contributed by atoms with E-state index in [4.69, 9.17) is 0 Å². The van der Waals surface area contributed by atoms with Gasteiger partial charge in [0.15, 0.2) is 0 Å². The second-order valence-electron chi connectivity index (χ2n) is 5.27. The molecule has 2 aromatic carbocycles. The smallest absolute Gasteiger partial charge is 0.316 e. The number of fused-ring (bicyclic) bond motifs is 1. The van der Waals surface area contributed by atoms with Gasteiger partial charge in [-0.15, -0.1) is 0 Å². The lowest BCUT2D eigenvalue weighted by Crippen LogP contribution is -2.35. The molecule has 0 radical (unpaired) electrons. The first-order valence-electron chi connectivity index (χ1n) is 7.53. The summed E-state index contributed by atoms with van der Waals surface area (Å²) < 4.78 is 42.6. The van der Waals surface area contributed by atoms with Crippen LogP contribution < -0.4 is 13.9 Å². The van der Waals surface area contributed by atoms with E-state index in [-0.39, 0.29) is 12.2 Å². The second kappa shape index (κ2) is 6.62. The minimum atomic E-state index is -3.89. The van der Waals surface area contributed by atoms with Crippen LogP contribution in [0, 0.1) is 5.82 Å². The first kappa shape index (κ1) is 16.5. The van der Waals surface area contributed by atoms with Gasteiger partial charge in [-0.2, -0.15) is 8.42 Å². The average molecular weight is 347 g/mol.